The summed E-state index contributed by atoms with van der Waals surface area (Å²) in [5.41, 5.74) is 0.357. The van der Waals surface area contributed by atoms with Crippen LogP contribution in [0.3, 0.4) is 0 Å². The Kier molecular flexibility index (Phi) is 3.79. The predicted octanol–water partition coefficient (Wildman–Crippen LogP) is 1.75. The van der Waals surface area contributed by atoms with Crippen molar-refractivity contribution < 1.29 is 9.72 Å². The number of non-ortho nitro benzene ring substituents is 1. The fourth-order valence-corrected chi connectivity index (χ4v) is 1.03. The molecule has 5 nitrogen and oxygen atoms in total. The molecule has 0 N–H and O–H groups in total. The van der Waals surface area contributed by atoms with E-state index in [1.165, 1.54) is 24.3 Å². The number of rotatable bonds is 4. The number of nitro benzene ring substituents is 1. The highest BCUT2D eigenvalue weighted by Crippen LogP contribution is 2.11. The second-order valence-electron chi connectivity index (χ2n) is 2.99. The Morgan fingerprint density at radius 3 is 2.47 bits per heavy atom. The zero-order valence-corrected chi connectivity index (χ0v) is 8.34. The van der Waals surface area contributed by atoms with Gasteiger partial charge in [-0.05, 0) is 18.6 Å². The summed E-state index contributed by atoms with van der Waals surface area (Å²) in [7, 11) is 0. The van der Waals surface area contributed by atoms with E-state index in [-0.39, 0.29) is 11.6 Å². The monoisotopic (exact) mass is 207 g/mol. The summed E-state index contributed by atoms with van der Waals surface area (Å²) in [6.07, 6.45) is 0.804. The van der Waals surface area contributed by atoms with Gasteiger partial charge in [-0.25, -0.2) is 5.32 Å². The maximum absolute atomic E-state index is 11.3. The van der Waals surface area contributed by atoms with Gasteiger partial charge in [0.2, 0.25) is 0 Å². The average molecular weight is 207 g/mol. The van der Waals surface area contributed by atoms with Gasteiger partial charge in [0.05, 0.1) is 4.92 Å². The zero-order chi connectivity index (χ0) is 11.3. The fourth-order valence-electron chi connectivity index (χ4n) is 1.03. The summed E-state index contributed by atoms with van der Waals surface area (Å²) in [5, 5.41) is 14.1. The number of amides is 1. The van der Waals surface area contributed by atoms with Crippen LogP contribution in [0.1, 0.15) is 23.7 Å². The minimum absolute atomic E-state index is 0.0259. The van der Waals surface area contributed by atoms with Crippen molar-refractivity contribution in [3.8, 4) is 0 Å². The second-order valence-corrected chi connectivity index (χ2v) is 2.99. The fraction of sp³-hybridized carbons (Fsp3) is 0.300. The van der Waals surface area contributed by atoms with E-state index in [4.69, 9.17) is 0 Å². The highest BCUT2D eigenvalue weighted by atomic mass is 16.6. The first kappa shape index (κ1) is 11.2. The van der Waals surface area contributed by atoms with Gasteiger partial charge >= 0.3 is 0 Å². The third-order valence-electron chi connectivity index (χ3n) is 1.80. The third kappa shape index (κ3) is 3.05. The standard InChI is InChI=1S/C10H11N2O3/c1-2-7-11-10(13)8-3-5-9(6-4-8)12(14)15/h3-6H,2,7H2,1H3. The minimum atomic E-state index is -0.503. The van der Waals surface area contributed by atoms with Crippen LogP contribution < -0.4 is 5.32 Å². The van der Waals surface area contributed by atoms with Gasteiger partial charge in [0.15, 0.2) is 0 Å². The van der Waals surface area contributed by atoms with Crippen molar-refractivity contribution in [2.24, 2.45) is 0 Å². The summed E-state index contributed by atoms with van der Waals surface area (Å²) in [4.78, 5) is 21.2. The van der Waals surface area contributed by atoms with Crippen LogP contribution in [-0.4, -0.2) is 17.4 Å². The van der Waals surface area contributed by atoms with Crippen molar-refractivity contribution in [1.82, 2.24) is 5.32 Å². The Balaban J connectivity index is 2.71. The molecule has 79 valence electrons. The van der Waals surface area contributed by atoms with Crippen LogP contribution in [0.25, 0.3) is 0 Å². The average Bonchev–Trinajstić information content (AvgIpc) is 2.26. The summed E-state index contributed by atoms with van der Waals surface area (Å²) in [6, 6.07) is 5.43. The van der Waals surface area contributed by atoms with Gasteiger partial charge in [-0.15, -0.1) is 0 Å². The maximum atomic E-state index is 11.3. The van der Waals surface area contributed by atoms with Crippen molar-refractivity contribution in [2.45, 2.75) is 13.3 Å². The number of hydrogen-bond acceptors (Lipinski definition) is 3. The Bertz CT molecular complexity index is 359. The van der Waals surface area contributed by atoms with E-state index in [2.05, 4.69) is 5.32 Å². The van der Waals surface area contributed by atoms with E-state index in [9.17, 15) is 14.9 Å². The van der Waals surface area contributed by atoms with Gasteiger partial charge in [-0.2, -0.15) is 0 Å². The molecule has 1 aromatic carbocycles. The summed E-state index contributed by atoms with van der Waals surface area (Å²) < 4.78 is 0. The number of nitrogens with zero attached hydrogens (tertiary/aromatic N) is 2. The zero-order valence-electron chi connectivity index (χ0n) is 8.34. The Morgan fingerprint density at radius 2 is 2.00 bits per heavy atom. The minimum Gasteiger partial charge on any atom is -0.267 e. The summed E-state index contributed by atoms with van der Waals surface area (Å²) in [5.74, 6) is -0.327. The molecule has 15 heavy (non-hydrogen) atoms. The van der Waals surface area contributed by atoms with Crippen molar-refractivity contribution in [2.75, 3.05) is 6.54 Å². The molecule has 0 aliphatic rings. The highest BCUT2D eigenvalue weighted by molar-refractivity contribution is 5.94. The molecule has 0 aliphatic heterocycles. The molecule has 0 unspecified atom stereocenters. The van der Waals surface area contributed by atoms with Gasteiger partial charge in [-0.3, -0.25) is 14.9 Å². The van der Waals surface area contributed by atoms with Crippen molar-refractivity contribution >= 4 is 11.6 Å². The van der Waals surface area contributed by atoms with Crippen LogP contribution in [0, 0.1) is 10.1 Å². The predicted molar refractivity (Wildman–Crippen MR) is 54.7 cm³/mol. The summed E-state index contributed by atoms with van der Waals surface area (Å²) >= 11 is 0. The number of carbonyl (C=O) groups is 1. The lowest BCUT2D eigenvalue weighted by atomic mass is 10.2. The maximum Gasteiger partial charge on any atom is 0.272 e. The molecule has 0 aromatic heterocycles. The van der Waals surface area contributed by atoms with Crippen LogP contribution in [0.2, 0.25) is 0 Å². The molecule has 0 saturated carbocycles. The van der Waals surface area contributed by atoms with E-state index >= 15 is 0 Å². The van der Waals surface area contributed by atoms with Crippen LogP contribution >= 0.6 is 0 Å². The molecular formula is C10H11N2O3. The smallest absolute Gasteiger partial charge is 0.267 e. The molecule has 1 aromatic rings. The van der Waals surface area contributed by atoms with E-state index in [1.54, 1.807) is 0 Å². The largest absolute Gasteiger partial charge is 0.272 e. The Labute approximate surface area is 87.3 Å². The molecule has 0 saturated heterocycles. The number of benzene rings is 1. The lowest BCUT2D eigenvalue weighted by molar-refractivity contribution is -0.384. The van der Waals surface area contributed by atoms with E-state index in [1.807, 2.05) is 6.92 Å². The number of carbonyl (C=O) groups excluding carboxylic acids is 1. The molecule has 0 bridgehead atoms. The molecule has 0 heterocycles. The SMILES string of the molecule is CCC[N]C(=O)c1ccc([N+](=O)[O-])cc1. The quantitative estimate of drug-likeness (QED) is 0.557. The van der Waals surface area contributed by atoms with Crippen molar-refractivity contribution in [3.05, 3.63) is 39.9 Å². The van der Waals surface area contributed by atoms with E-state index in [0.29, 0.717) is 12.1 Å². The molecule has 0 spiro atoms. The molecule has 0 atom stereocenters. The highest BCUT2D eigenvalue weighted by Gasteiger charge is 2.09. The van der Waals surface area contributed by atoms with E-state index < -0.39 is 4.92 Å². The first-order chi connectivity index (χ1) is 7.15. The van der Waals surface area contributed by atoms with Crippen LogP contribution in [0.15, 0.2) is 24.3 Å². The number of nitro groups is 1. The van der Waals surface area contributed by atoms with Gasteiger partial charge in [0, 0.05) is 24.2 Å². The molecule has 0 fully saturated rings. The Morgan fingerprint density at radius 1 is 1.40 bits per heavy atom. The normalized spacial score (nSPS) is 9.67. The van der Waals surface area contributed by atoms with Crippen molar-refractivity contribution in [1.29, 1.82) is 0 Å². The second kappa shape index (κ2) is 5.09. The topological polar surface area (TPSA) is 74.3 Å². The molecule has 1 rings (SSSR count). The van der Waals surface area contributed by atoms with Crippen LogP contribution in [-0.2, 0) is 0 Å². The van der Waals surface area contributed by atoms with Gasteiger partial charge in [0.1, 0.15) is 0 Å². The molecule has 1 radical (unpaired) electrons. The Hall–Kier alpha value is -1.91. The molecular weight excluding hydrogens is 196 g/mol. The van der Waals surface area contributed by atoms with Gasteiger partial charge in [-0.1, -0.05) is 6.92 Å². The van der Waals surface area contributed by atoms with Crippen LogP contribution in [0.5, 0.6) is 0 Å². The number of hydrogen-bond donors (Lipinski definition) is 0. The first-order valence-electron chi connectivity index (χ1n) is 4.61. The third-order valence-corrected chi connectivity index (χ3v) is 1.80. The lowest BCUT2D eigenvalue weighted by Crippen LogP contribution is -2.16. The molecule has 1 amide bonds. The molecule has 0 aliphatic carbocycles. The van der Waals surface area contributed by atoms with Crippen LogP contribution in [0.4, 0.5) is 5.69 Å². The van der Waals surface area contributed by atoms with Gasteiger partial charge in [0.25, 0.3) is 11.6 Å². The first-order valence-corrected chi connectivity index (χ1v) is 4.61. The molecule has 5 heteroatoms. The van der Waals surface area contributed by atoms with Crippen molar-refractivity contribution in [3.63, 3.8) is 0 Å². The lowest BCUT2D eigenvalue weighted by Gasteiger charge is -1.99. The van der Waals surface area contributed by atoms with Gasteiger partial charge < -0.3 is 0 Å². The summed E-state index contributed by atoms with van der Waals surface area (Å²) in [6.45, 7) is 2.41. The van der Waals surface area contributed by atoms with E-state index in [0.717, 1.165) is 6.42 Å².